The fourth-order valence-electron chi connectivity index (χ4n) is 4.77. The van der Waals surface area contributed by atoms with Gasteiger partial charge in [-0.15, -0.1) is 0 Å². The fourth-order valence-corrected chi connectivity index (χ4v) is 5.09. The first-order chi connectivity index (χ1) is 15.7. The van der Waals surface area contributed by atoms with Crippen molar-refractivity contribution in [2.45, 2.75) is 70.8 Å². The van der Waals surface area contributed by atoms with Gasteiger partial charge in [-0.25, -0.2) is 0 Å². The highest BCUT2D eigenvalue weighted by atomic mass is 32.1. The molecule has 0 saturated carbocycles. The second-order valence-corrected chi connectivity index (χ2v) is 10.1. The molecular formula is C28H35NO3S. The molecule has 2 aromatic rings. The summed E-state index contributed by atoms with van der Waals surface area (Å²) >= 11 is 5.37. The van der Waals surface area contributed by atoms with E-state index in [2.05, 4.69) is 24.3 Å². The number of thiocarbonyl (C=S) groups is 1. The van der Waals surface area contributed by atoms with E-state index < -0.39 is 22.6 Å². The molecule has 0 radical (unpaired) electrons. The number of aliphatic hydroxyl groups is 1. The van der Waals surface area contributed by atoms with Crippen molar-refractivity contribution < 1.29 is 14.7 Å². The molecule has 5 heteroatoms. The minimum atomic E-state index is -0.994. The largest absolute Gasteiger partial charge is 0.500 e. The van der Waals surface area contributed by atoms with Crippen LogP contribution in [0.1, 0.15) is 76.3 Å². The lowest BCUT2D eigenvalue weighted by Crippen LogP contribution is -2.61. The molecule has 0 bridgehead atoms. The van der Waals surface area contributed by atoms with Gasteiger partial charge in [0.2, 0.25) is 5.78 Å². The van der Waals surface area contributed by atoms with Gasteiger partial charge in [0.05, 0.1) is 0 Å². The van der Waals surface area contributed by atoms with Crippen LogP contribution in [0.5, 0.6) is 0 Å². The van der Waals surface area contributed by atoms with Gasteiger partial charge in [0.25, 0.3) is 5.91 Å². The molecule has 1 amide bonds. The van der Waals surface area contributed by atoms with Crippen molar-refractivity contribution in [3.8, 4) is 0 Å². The van der Waals surface area contributed by atoms with Crippen molar-refractivity contribution in [2.75, 3.05) is 6.54 Å². The van der Waals surface area contributed by atoms with E-state index in [0.717, 1.165) is 12.8 Å². The van der Waals surface area contributed by atoms with Crippen molar-refractivity contribution in [3.63, 3.8) is 0 Å². The van der Waals surface area contributed by atoms with E-state index in [1.54, 1.807) is 18.7 Å². The molecule has 0 spiro atoms. The Hall–Kier alpha value is -2.53. The van der Waals surface area contributed by atoms with Gasteiger partial charge >= 0.3 is 0 Å². The first kappa shape index (κ1) is 25.1. The maximum absolute atomic E-state index is 13.4. The third-order valence-corrected chi connectivity index (χ3v) is 7.71. The number of carbonyl (C=O) groups excluding carboxylic acids is 2. The van der Waals surface area contributed by atoms with Crippen molar-refractivity contribution in [3.05, 3.63) is 71.8 Å². The monoisotopic (exact) mass is 465 g/mol. The topological polar surface area (TPSA) is 57.6 Å². The Morgan fingerprint density at radius 2 is 1.58 bits per heavy atom. The molecule has 1 heterocycles. The number of benzene rings is 2. The summed E-state index contributed by atoms with van der Waals surface area (Å²) < 4.78 is 0. The first-order valence-corrected chi connectivity index (χ1v) is 12.3. The smallest absolute Gasteiger partial charge is 0.291 e. The SMILES string of the molecule is CCC(C)(C)C(=O)C(=O)N1CCCCC1(CCC(c1ccccc1)c1ccccc1)C(O)=S. The van der Waals surface area contributed by atoms with Crippen LogP contribution in [0.15, 0.2) is 60.7 Å². The Bertz CT molecular complexity index is 934. The van der Waals surface area contributed by atoms with Crippen molar-refractivity contribution in [2.24, 2.45) is 5.41 Å². The average Bonchev–Trinajstić information content (AvgIpc) is 2.84. The Labute approximate surface area is 203 Å². The Morgan fingerprint density at radius 3 is 2.06 bits per heavy atom. The number of Topliss-reactive ketones (excluding diaryl/α,β-unsaturated/α-hetero) is 1. The quantitative estimate of drug-likeness (QED) is 0.352. The summed E-state index contributed by atoms with van der Waals surface area (Å²) in [6.07, 6.45) is 4.01. The number of hydrogen-bond donors (Lipinski definition) is 1. The highest BCUT2D eigenvalue weighted by Gasteiger charge is 2.48. The lowest BCUT2D eigenvalue weighted by atomic mass is 9.77. The zero-order valence-electron chi connectivity index (χ0n) is 19.9. The van der Waals surface area contributed by atoms with Gasteiger partial charge < -0.3 is 10.0 Å². The summed E-state index contributed by atoms with van der Waals surface area (Å²) in [6, 6.07) is 20.5. The molecular weight excluding hydrogens is 430 g/mol. The van der Waals surface area contributed by atoms with Crippen LogP contribution in [-0.4, -0.2) is 38.8 Å². The van der Waals surface area contributed by atoms with Crippen LogP contribution >= 0.6 is 12.2 Å². The summed E-state index contributed by atoms with van der Waals surface area (Å²) in [5.74, 6) is -0.829. The van der Waals surface area contributed by atoms with Gasteiger partial charge in [-0.05, 0) is 61.9 Å². The minimum absolute atomic E-state index is 0.0975. The Morgan fingerprint density at radius 1 is 1.03 bits per heavy atom. The van der Waals surface area contributed by atoms with Crippen molar-refractivity contribution in [1.82, 2.24) is 4.90 Å². The molecule has 1 N–H and O–H groups in total. The predicted molar refractivity (Wildman–Crippen MR) is 137 cm³/mol. The number of likely N-dealkylation sites (tertiary alicyclic amines) is 1. The molecule has 1 fully saturated rings. The Kier molecular flexibility index (Phi) is 8.06. The van der Waals surface area contributed by atoms with E-state index in [1.807, 2.05) is 43.3 Å². The maximum Gasteiger partial charge on any atom is 0.291 e. The molecule has 0 aromatic heterocycles. The highest BCUT2D eigenvalue weighted by molar-refractivity contribution is 7.80. The third-order valence-electron chi connectivity index (χ3n) is 7.33. The molecule has 0 aliphatic carbocycles. The molecule has 4 nitrogen and oxygen atoms in total. The van der Waals surface area contributed by atoms with E-state index in [9.17, 15) is 14.7 Å². The molecule has 1 aliphatic rings. The number of ketones is 1. The fraction of sp³-hybridized carbons (Fsp3) is 0.464. The number of nitrogens with zero attached hydrogens (tertiary/aromatic N) is 1. The lowest BCUT2D eigenvalue weighted by molar-refractivity contribution is -0.153. The molecule has 33 heavy (non-hydrogen) atoms. The third kappa shape index (κ3) is 5.35. The average molecular weight is 466 g/mol. The van der Waals surface area contributed by atoms with Crippen LogP contribution in [0.25, 0.3) is 0 Å². The van der Waals surface area contributed by atoms with Crippen molar-refractivity contribution in [1.29, 1.82) is 0 Å². The summed E-state index contributed by atoms with van der Waals surface area (Å²) in [6.45, 7) is 5.95. The second kappa shape index (κ2) is 10.6. The first-order valence-electron chi connectivity index (χ1n) is 11.9. The molecule has 3 rings (SSSR count). The zero-order chi connectivity index (χ0) is 24.1. The summed E-state index contributed by atoms with van der Waals surface area (Å²) in [5.41, 5.74) is 0.624. The second-order valence-electron chi connectivity index (χ2n) is 9.73. The normalized spacial score (nSPS) is 18.8. The van der Waals surface area contributed by atoms with Gasteiger partial charge in [0.1, 0.15) is 5.54 Å². The van der Waals surface area contributed by atoms with Crippen LogP contribution in [0.3, 0.4) is 0 Å². The summed E-state index contributed by atoms with van der Waals surface area (Å²) in [7, 11) is 0. The number of amides is 1. The molecule has 176 valence electrons. The maximum atomic E-state index is 13.4. The summed E-state index contributed by atoms with van der Waals surface area (Å²) in [4.78, 5) is 28.1. The highest BCUT2D eigenvalue weighted by Crippen LogP contribution is 2.39. The summed E-state index contributed by atoms with van der Waals surface area (Å²) in [5, 5.41) is 10.6. The zero-order valence-corrected chi connectivity index (χ0v) is 20.7. The van der Waals surface area contributed by atoms with Crippen LogP contribution in [-0.2, 0) is 9.59 Å². The van der Waals surface area contributed by atoms with Crippen LogP contribution in [0, 0.1) is 5.41 Å². The van der Waals surface area contributed by atoms with Gasteiger partial charge in [0, 0.05) is 17.9 Å². The van der Waals surface area contributed by atoms with Gasteiger partial charge in [-0.1, -0.05) is 81.4 Å². The lowest BCUT2D eigenvalue weighted by Gasteiger charge is -2.46. The standard InChI is InChI=1S/C28H35NO3S/c1-4-27(2,3)24(30)25(31)29-20-12-11-18-28(29,26(32)33)19-17-23(21-13-7-5-8-14-21)22-15-9-6-10-16-22/h5-10,13-16,23H,4,11-12,17-20H2,1-3H3,(H,32,33). The molecule has 2 aromatic carbocycles. The number of carbonyl (C=O) groups is 2. The van der Waals surface area contributed by atoms with E-state index >= 15 is 0 Å². The predicted octanol–water partition coefficient (Wildman–Crippen LogP) is 6.24. The number of aliphatic hydroxyl groups excluding tert-OH is 1. The molecule has 1 aliphatic heterocycles. The van der Waals surface area contributed by atoms with Crippen LogP contribution in [0.4, 0.5) is 0 Å². The van der Waals surface area contributed by atoms with E-state index in [-0.39, 0.29) is 11.0 Å². The van der Waals surface area contributed by atoms with E-state index in [1.165, 1.54) is 11.1 Å². The number of piperidine rings is 1. The molecule has 1 unspecified atom stereocenters. The Balaban J connectivity index is 1.94. The van der Waals surface area contributed by atoms with Gasteiger partial charge in [-0.3, -0.25) is 9.59 Å². The van der Waals surface area contributed by atoms with Gasteiger partial charge in [-0.2, -0.15) is 0 Å². The van der Waals surface area contributed by atoms with E-state index in [4.69, 9.17) is 12.2 Å². The van der Waals surface area contributed by atoms with Crippen LogP contribution < -0.4 is 0 Å². The molecule has 1 atom stereocenters. The van der Waals surface area contributed by atoms with Gasteiger partial charge in [0.15, 0.2) is 5.05 Å². The van der Waals surface area contributed by atoms with Crippen molar-refractivity contribution >= 4 is 29.0 Å². The number of rotatable bonds is 9. The molecule has 1 saturated heterocycles. The minimum Gasteiger partial charge on any atom is -0.500 e. The van der Waals surface area contributed by atoms with E-state index in [0.29, 0.717) is 32.2 Å². The number of hydrogen-bond acceptors (Lipinski definition) is 3. The van der Waals surface area contributed by atoms with Crippen LogP contribution in [0.2, 0.25) is 0 Å².